The summed E-state index contributed by atoms with van der Waals surface area (Å²) in [6.45, 7) is 5.61. The molecule has 1 atom stereocenters. The molecule has 0 aromatic heterocycles. The number of carbonyl (C=O) groups excluding carboxylic acids is 2. The van der Waals surface area contributed by atoms with Crippen LogP contribution in [-0.2, 0) is 19.1 Å². The first kappa shape index (κ1) is 17.6. The minimum atomic E-state index is -0.886. The topological polar surface area (TPSA) is 84.9 Å². The minimum absolute atomic E-state index is 0.0868. The fraction of sp³-hybridized carbons (Fsp3) is 0.571. The zero-order valence-electron chi connectivity index (χ0n) is 12.7. The molecule has 0 radical (unpaired) electrons. The van der Waals surface area contributed by atoms with Crippen molar-refractivity contribution in [1.29, 1.82) is 0 Å². The van der Waals surface area contributed by atoms with E-state index in [4.69, 9.17) is 9.47 Å². The molecule has 0 amide bonds. The van der Waals surface area contributed by atoms with Gasteiger partial charge in [0.05, 0.1) is 30.1 Å². The Labute approximate surface area is 128 Å². The third-order valence-electron chi connectivity index (χ3n) is 2.97. The lowest BCUT2D eigenvalue weighted by atomic mass is 9.98. The summed E-state index contributed by atoms with van der Waals surface area (Å²) in [5.74, 6) is -1.01. The quantitative estimate of drug-likeness (QED) is 0.565. The summed E-state index contributed by atoms with van der Waals surface area (Å²) in [7, 11) is 0. The van der Waals surface area contributed by atoms with E-state index in [2.05, 4.69) is 5.32 Å². The Bertz CT molecular complexity index is 484. The first-order valence-corrected chi connectivity index (χ1v) is 7.99. The summed E-state index contributed by atoms with van der Waals surface area (Å²) in [6, 6.07) is 0. The number of hydrogen-bond donors (Lipinski definition) is 2. The van der Waals surface area contributed by atoms with Crippen LogP contribution in [0.5, 0.6) is 0 Å². The van der Waals surface area contributed by atoms with Crippen molar-refractivity contribution < 1.29 is 24.2 Å². The Morgan fingerprint density at radius 1 is 1.24 bits per heavy atom. The van der Waals surface area contributed by atoms with E-state index in [0.717, 1.165) is 0 Å². The maximum Gasteiger partial charge on any atom is 0.336 e. The number of dihydropyridines is 1. The lowest BCUT2D eigenvalue weighted by Gasteiger charge is -2.26. The van der Waals surface area contributed by atoms with Crippen molar-refractivity contribution in [3.63, 3.8) is 0 Å². The second-order valence-electron chi connectivity index (χ2n) is 4.33. The van der Waals surface area contributed by atoms with Gasteiger partial charge in [0, 0.05) is 12.1 Å². The van der Waals surface area contributed by atoms with Crippen molar-refractivity contribution in [3.8, 4) is 0 Å². The molecule has 2 N–H and O–H groups in total. The normalized spacial score (nSPS) is 16.4. The van der Waals surface area contributed by atoms with E-state index in [-0.39, 0.29) is 25.2 Å². The van der Waals surface area contributed by atoms with Gasteiger partial charge in [-0.2, -0.15) is 0 Å². The smallest absolute Gasteiger partial charge is 0.336 e. The van der Waals surface area contributed by atoms with Crippen LogP contribution in [-0.4, -0.2) is 42.0 Å². The van der Waals surface area contributed by atoms with Crippen molar-refractivity contribution in [1.82, 2.24) is 5.32 Å². The van der Waals surface area contributed by atoms with Crippen LogP contribution in [0, 0.1) is 0 Å². The van der Waals surface area contributed by atoms with Crippen LogP contribution in [0.3, 0.4) is 0 Å². The van der Waals surface area contributed by atoms with Gasteiger partial charge >= 0.3 is 11.9 Å². The molecule has 1 aliphatic rings. The van der Waals surface area contributed by atoms with Gasteiger partial charge in [0.2, 0.25) is 0 Å². The number of aliphatic hydroxyl groups is 1. The van der Waals surface area contributed by atoms with Crippen molar-refractivity contribution in [2.45, 2.75) is 32.6 Å². The number of rotatable bonds is 6. The SMILES string of the molecule is CCOC(=O)C1=C(C)NC(C(O)SC)=C(C(=O)OCC)C1. The molecule has 0 bridgehead atoms. The molecule has 1 heterocycles. The molecule has 0 fully saturated rings. The van der Waals surface area contributed by atoms with Crippen LogP contribution in [0.2, 0.25) is 0 Å². The van der Waals surface area contributed by atoms with E-state index < -0.39 is 17.4 Å². The maximum atomic E-state index is 12.0. The molecular formula is C14H21NO5S. The van der Waals surface area contributed by atoms with Crippen molar-refractivity contribution in [2.24, 2.45) is 0 Å². The Kier molecular flexibility index (Phi) is 6.77. The summed E-state index contributed by atoms with van der Waals surface area (Å²) in [4.78, 5) is 24.0. The number of aliphatic hydroxyl groups excluding tert-OH is 1. The van der Waals surface area contributed by atoms with Crippen LogP contribution in [0.4, 0.5) is 0 Å². The highest BCUT2D eigenvalue weighted by Gasteiger charge is 2.30. The summed E-state index contributed by atoms with van der Waals surface area (Å²) in [6.07, 6.45) is 1.81. The Morgan fingerprint density at radius 3 is 2.24 bits per heavy atom. The largest absolute Gasteiger partial charge is 0.463 e. The van der Waals surface area contributed by atoms with Gasteiger partial charge < -0.3 is 19.9 Å². The molecule has 0 aromatic carbocycles. The van der Waals surface area contributed by atoms with Crippen LogP contribution >= 0.6 is 11.8 Å². The third kappa shape index (κ3) is 4.25. The lowest BCUT2D eigenvalue weighted by molar-refractivity contribution is -0.139. The highest BCUT2D eigenvalue weighted by Crippen LogP contribution is 2.29. The maximum absolute atomic E-state index is 12.0. The zero-order valence-corrected chi connectivity index (χ0v) is 13.5. The molecule has 0 aliphatic carbocycles. The number of hydrogen-bond acceptors (Lipinski definition) is 7. The van der Waals surface area contributed by atoms with Gasteiger partial charge in [-0.05, 0) is 27.0 Å². The third-order valence-corrected chi connectivity index (χ3v) is 3.65. The zero-order chi connectivity index (χ0) is 16.0. The summed E-state index contributed by atoms with van der Waals surface area (Å²) >= 11 is 1.18. The van der Waals surface area contributed by atoms with Crippen LogP contribution in [0.1, 0.15) is 27.2 Å². The first-order chi connectivity index (χ1) is 9.96. The number of carbonyl (C=O) groups is 2. The Balaban J connectivity index is 3.11. The number of ether oxygens (including phenoxy) is 2. The molecular weight excluding hydrogens is 294 g/mol. The fourth-order valence-electron chi connectivity index (χ4n) is 1.93. The van der Waals surface area contributed by atoms with E-state index in [1.54, 1.807) is 27.0 Å². The van der Waals surface area contributed by atoms with Crippen LogP contribution in [0.25, 0.3) is 0 Å². The molecule has 6 nitrogen and oxygen atoms in total. The molecule has 1 rings (SSSR count). The fourth-order valence-corrected chi connectivity index (χ4v) is 2.37. The first-order valence-electron chi connectivity index (χ1n) is 6.71. The van der Waals surface area contributed by atoms with Gasteiger partial charge in [0.25, 0.3) is 0 Å². The number of nitrogens with one attached hydrogen (secondary N) is 1. The van der Waals surface area contributed by atoms with E-state index in [0.29, 0.717) is 17.0 Å². The van der Waals surface area contributed by atoms with Crippen molar-refractivity contribution in [2.75, 3.05) is 19.5 Å². The van der Waals surface area contributed by atoms with Gasteiger partial charge in [-0.1, -0.05) is 0 Å². The average molecular weight is 315 g/mol. The summed E-state index contributed by atoms with van der Waals surface area (Å²) in [5.41, 5.74) is 0.684. The van der Waals surface area contributed by atoms with Crippen molar-refractivity contribution >= 4 is 23.7 Å². The van der Waals surface area contributed by atoms with E-state index in [9.17, 15) is 14.7 Å². The lowest BCUT2D eigenvalue weighted by Crippen LogP contribution is -2.32. The molecule has 0 saturated heterocycles. The summed E-state index contributed by atoms with van der Waals surface area (Å²) < 4.78 is 9.98. The standard InChI is InChI=1S/C14H21NO5S/c1-5-19-12(16)9-7-10(13(17)20-6-2)11(14(18)21-4)15-8(9)3/h14-15,18H,5-7H2,1-4H3. The molecule has 0 spiro atoms. The van der Waals surface area contributed by atoms with Gasteiger partial charge in [0.1, 0.15) is 5.44 Å². The molecule has 7 heteroatoms. The van der Waals surface area contributed by atoms with Gasteiger partial charge in [-0.15, -0.1) is 11.8 Å². The van der Waals surface area contributed by atoms with Gasteiger partial charge in [0.15, 0.2) is 0 Å². The van der Waals surface area contributed by atoms with Crippen molar-refractivity contribution in [3.05, 3.63) is 22.5 Å². The highest BCUT2D eigenvalue weighted by molar-refractivity contribution is 7.99. The second-order valence-corrected chi connectivity index (χ2v) is 5.24. The van der Waals surface area contributed by atoms with E-state index in [1.807, 2.05) is 0 Å². The van der Waals surface area contributed by atoms with Gasteiger partial charge in [-0.3, -0.25) is 0 Å². The van der Waals surface area contributed by atoms with Gasteiger partial charge in [-0.25, -0.2) is 9.59 Å². The Hall–Kier alpha value is -1.47. The molecule has 118 valence electrons. The molecule has 0 saturated carbocycles. The molecule has 21 heavy (non-hydrogen) atoms. The molecule has 0 aromatic rings. The molecule has 1 unspecified atom stereocenters. The van der Waals surface area contributed by atoms with E-state index >= 15 is 0 Å². The second kappa shape index (κ2) is 8.09. The predicted octanol–water partition coefficient (Wildman–Crippen LogP) is 1.32. The van der Waals surface area contributed by atoms with Crippen LogP contribution < -0.4 is 5.32 Å². The average Bonchev–Trinajstić information content (AvgIpc) is 2.46. The van der Waals surface area contributed by atoms with E-state index in [1.165, 1.54) is 11.8 Å². The minimum Gasteiger partial charge on any atom is -0.463 e. The predicted molar refractivity (Wildman–Crippen MR) is 80.3 cm³/mol. The highest BCUT2D eigenvalue weighted by atomic mass is 32.2. The molecule has 1 aliphatic heterocycles. The Morgan fingerprint density at radius 2 is 1.76 bits per heavy atom. The number of thioether (sulfide) groups is 1. The monoisotopic (exact) mass is 315 g/mol. The summed E-state index contributed by atoms with van der Waals surface area (Å²) in [5, 5.41) is 12.9. The number of allylic oxidation sites excluding steroid dienone is 1. The number of esters is 2. The van der Waals surface area contributed by atoms with Crippen LogP contribution in [0.15, 0.2) is 22.5 Å².